The van der Waals surface area contributed by atoms with Gasteiger partial charge < -0.3 is 9.84 Å². The number of ketones is 4. The molecule has 3 aliphatic rings. The SMILES string of the molecule is CC(C)=CCCC1(C)C=Cc2c(ccc3c2C(=O)C(O)=C(C2=C(Cl)C(=O)c4ccccc4C2=O)C3=O)O1. The molecule has 2 aliphatic carbocycles. The lowest BCUT2D eigenvalue weighted by Gasteiger charge is -2.33. The maximum absolute atomic E-state index is 13.6. The number of aliphatic hydroxyl groups excluding tert-OH is 1. The van der Waals surface area contributed by atoms with Crippen LogP contribution >= 0.6 is 11.6 Å². The zero-order chi connectivity index (χ0) is 26.6. The maximum atomic E-state index is 13.6. The third kappa shape index (κ3) is 3.89. The Balaban J connectivity index is 1.58. The van der Waals surface area contributed by atoms with Gasteiger partial charge in [-0.15, -0.1) is 0 Å². The van der Waals surface area contributed by atoms with Crippen molar-refractivity contribution in [3.05, 3.63) is 104 Å². The third-order valence-corrected chi connectivity index (χ3v) is 7.17. The van der Waals surface area contributed by atoms with E-state index < -0.39 is 50.7 Å². The van der Waals surface area contributed by atoms with Gasteiger partial charge in [0.05, 0.1) is 11.1 Å². The Morgan fingerprint density at radius 1 is 0.919 bits per heavy atom. The molecular formula is C30H23ClO6. The van der Waals surface area contributed by atoms with Crippen molar-refractivity contribution in [2.24, 2.45) is 0 Å². The second-order valence-corrected chi connectivity index (χ2v) is 10.1. The van der Waals surface area contributed by atoms with E-state index in [1.807, 2.05) is 26.8 Å². The first kappa shape index (κ1) is 24.7. The number of rotatable bonds is 4. The molecule has 37 heavy (non-hydrogen) atoms. The van der Waals surface area contributed by atoms with E-state index in [1.165, 1.54) is 23.8 Å². The second-order valence-electron chi connectivity index (χ2n) is 9.74. The summed E-state index contributed by atoms with van der Waals surface area (Å²) >= 11 is 6.27. The predicted molar refractivity (Wildman–Crippen MR) is 139 cm³/mol. The minimum absolute atomic E-state index is 0.00554. The lowest BCUT2D eigenvalue weighted by Crippen LogP contribution is -2.33. The minimum atomic E-state index is -0.926. The Kier molecular flexibility index (Phi) is 5.88. The van der Waals surface area contributed by atoms with Gasteiger partial charge in [0.2, 0.25) is 11.6 Å². The third-order valence-electron chi connectivity index (χ3n) is 6.81. The molecule has 1 atom stereocenters. The van der Waals surface area contributed by atoms with Gasteiger partial charge in [-0.25, -0.2) is 0 Å². The molecule has 2 aromatic carbocycles. The number of aliphatic hydroxyl groups is 1. The van der Waals surface area contributed by atoms with E-state index in [1.54, 1.807) is 24.3 Å². The largest absolute Gasteiger partial charge is 0.504 e. The Bertz CT molecular complexity index is 1560. The van der Waals surface area contributed by atoms with Crippen LogP contribution in [0.1, 0.15) is 80.6 Å². The molecule has 0 aromatic heterocycles. The molecule has 0 bridgehead atoms. The normalized spacial score (nSPS) is 20.4. The summed E-state index contributed by atoms with van der Waals surface area (Å²) in [6, 6.07) is 9.09. The van der Waals surface area contributed by atoms with E-state index in [4.69, 9.17) is 16.3 Å². The van der Waals surface area contributed by atoms with Gasteiger partial charge in [-0.2, -0.15) is 0 Å². The summed E-state index contributed by atoms with van der Waals surface area (Å²) in [6.07, 6.45) is 7.19. The highest BCUT2D eigenvalue weighted by atomic mass is 35.5. The molecule has 0 saturated heterocycles. The fraction of sp³-hybridized carbons (Fsp3) is 0.200. The molecule has 0 amide bonds. The molecule has 186 valence electrons. The van der Waals surface area contributed by atoms with Crippen LogP contribution in [-0.4, -0.2) is 33.8 Å². The average Bonchev–Trinajstić information content (AvgIpc) is 2.87. The summed E-state index contributed by atoms with van der Waals surface area (Å²) in [5.41, 5.74) is 0.0542. The summed E-state index contributed by atoms with van der Waals surface area (Å²) in [5, 5.41) is 10.4. The zero-order valence-electron chi connectivity index (χ0n) is 20.5. The predicted octanol–water partition coefficient (Wildman–Crippen LogP) is 6.36. The Morgan fingerprint density at radius 2 is 1.57 bits per heavy atom. The van der Waals surface area contributed by atoms with Crippen LogP contribution in [0.3, 0.4) is 0 Å². The fourth-order valence-electron chi connectivity index (χ4n) is 4.89. The summed E-state index contributed by atoms with van der Waals surface area (Å²) in [6.45, 7) is 5.99. The van der Waals surface area contributed by atoms with Crippen LogP contribution in [-0.2, 0) is 0 Å². The molecule has 0 saturated carbocycles. The molecule has 2 aromatic rings. The first-order valence-electron chi connectivity index (χ1n) is 11.8. The number of hydrogen-bond donors (Lipinski definition) is 1. The highest BCUT2D eigenvalue weighted by Gasteiger charge is 2.43. The first-order chi connectivity index (χ1) is 17.5. The highest BCUT2D eigenvalue weighted by Crippen LogP contribution is 2.42. The summed E-state index contributed by atoms with van der Waals surface area (Å²) in [4.78, 5) is 53.1. The smallest absolute Gasteiger partial charge is 0.229 e. The summed E-state index contributed by atoms with van der Waals surface area (Å²) in [7, 11) is 0. The van der Waals surface area contributed by atoms with Gasteiger partial charge in [0.15, 0.2) is 17.3 Å². The summed E-state index contributed by atoms with van der Waals surface area (Å²) < 4.78 is 6.21. The van der Waals surface area contributed by atoms with E-state index in [0.29, 0.717) is 17.7 Å². The number of ether oxygens (including phenoxy) is 1. The van der Waals surface area contributed by atoms with Crippen molar-refractivity contribution in [3.63, 3.8) is 0 Å². The van der Waals surface area contributed by atoms with Crippen LogP contribution < -0.4 is 4.74 Å². The van der Waals surface area contributed by atoms with E-state index in [-0.39, 0.29) is 22.3 Å². The number of allylic oxidation sites excluding steroid dienone is 6. The quantitative estimate of drug-likeness (QED) is 0.477. The minimum Gasteiger partial charge on any atom is -0.504 e. The van der Waals surface area contributed by atoms with E-state index >= 15 is 0 Å². The Morgan fingerprint density at radius 3 is 2.24 bits per heavy atom. The lowest BCUT2D eigenvalue weighted by molar-refractivity contribution is 0.0918. The molecule has 0 spiro atoms. The van der Waals surface area contributed by atoms with Crippen molar-refractivity contribution in [2.75, 3.05) is 0 Å². The standard InChI is InChI=1S/C30H23ClO6/c1-15(2)7-6-13-30(3)14-12-18-20(37-30)11-10-19-21(18)28(35)29(36)23(26(19)33)22-24(31)27(34)17-9-5-4-8-16(17)25(22)32/h4-5,7-12,14,36H,6,13H2,1-3H3. The Labute approximate surface area is 218 Å². The number of halogens is 1. The first-order valence-corrected chi connectivity index (χ1v) is 12.2. The second kappa shape index (κ2) is 8.82. The van der Waals surface area contributed by atoms with Gasteiger partial charge in [-0.3, -0.25) is 19.2 Å². The number of hydrogen-bond acceptors (Lipinski definition) is 6. The van der Waals surface area contributed by atoms with Gasteiger partial charge in [-0.05, 0) is 51.8 Å². The van der Waals surface area contributed by atoms with E-state index in [2.05, 4.69) is 6.08 Å². The van der Waals surface area contributed by atoms with Crippen LogP contribution in [0.25, 0.3) is 6.08 Å². The maximum Gasteiger partial charge on any atom is 0.229 e. The Hall–Kier alpha value is -4.03. The van der Waals surface area contributed by atoms with Crippen molar-refractivity contribution in [3.8, 4) is 5.75 Å². The van der Waals surface area contributed by atoms with Gasteiger partial charge in [0.1, 0.15) is 16.4 Å². The summed E-state index contributed by atoms with van der Waals surface area (Å²) in [5.74, 6) is -3.50. The molecule has 1 N–H and O–H groups in total. The lowest BCUT2D eigenvalue weighted by atomic mass is 9.77. The number of benzene rings is 2. The molecule has 1 aliphatic heterocycles. The van der Waals surface area contributed by atoms with Crippen molar-refractivity contribution in [1.29, 1.82) is 0 Å². The molecule has 0 fully saturated rings. The monoisotopic (exact) mass is 514 g/mol. The van der Waals surface area contributed by atoms with Crippen LogP contribution in [0.4, 0.5) is 0 Å². The fourth-order valence-corrected chi connectivity index (χ4v) is 5.17. The van der Waals surface area contributed by atoms with Crippen LogP contribution in [0.2, 0.25) is 0 Å². The molecule has 5 rings (SSSR count). The van der Waals surface area contributed by atoms with Gasteiger partial charge in [0, 0.05) is 27.8 Å². The van der Waals surface area contributed by atoms with Gasteiger partial charge in [-0.1, -0.05) is 53.6 Å². The highest BCUT2D eigenvalue weighted by molar-refractivity contribution is 6.52. The molecular weight excluding hydrogens is 492 g/mol. The van der Waals surface area contributed by atoms with Crippen molar-refractivity contribution in [1.82, 2.24) is 0 Å². The molecule has 1 unspecified atom stereocenters. The average molecular weight is 515 g/mol. The van der Waals surface area contributed by atoms with E-state index in [0.717, 1.165) is 6.42 Å². The number of fused-ring (bicyclic) bond motifs is 4. The van der Waals surface area contributed by atoms with Crippen molar-refractivity contribution < 1.29 is 29.0 Å². The van der Waals surface area contributed by atoms with Crippen molar-refractivity contribution >= 4 is 40.8 Å². The van der Waals surface area contributed by atoms with Crippen molar-refractivity contribution in [2.45, 2.75) is 39.2 Å². The topological polar surface area (TPSA) is 97.7 Å². The van der Waals surface area contributed by atoms with Gasteiger partial charge in [0.25, 0.3) is 0 Å². The molecule has 1 heterocycles. The number of Topliss-reactive ketones (excluding diaryl/α,β-unsaturated/α-hetero) is 4. The molecule has 0 radical (unpaired) electrons. The number of carbonyl (C=O) groups is 4. The van der Waals surface area contributed by atoms with Gasteiger partial charge >= 0.3 is 0 Å². The molecule has 6 nitrogen and oxygen atoms in total. The van der Waals surface area contributed by atoms with Crippen LogP contribution in [0.5, 0.6) is 5.75 Å². The molecule has 7 heteroatoms. The number of carbonyl (C=O) groups excluding carboxylic acids is 4. The van der Waals surface area contributed by atoms with Crippen LogP contribution in [0, 0.1) is 0 Å². The van der Waals surface area contributed by atoms with E-state index in [9.17, 15) is 24.3 Å². The zero-order valence-corrected chi connectivity index (χ0v) is 21.2. The van der Waals surface area contributed by atoms with Crippen LogP contribution in [0.15, 0.2) is 76.1 Å².